The van der Waals surface area contributed by atoms with E-state index in [2.05, 4.69) is 33.8 Å². The predicted molar refractivity (Wildman–Crippen MR) is 64.5 cm³/mol. The van der Waals surface area contributed by atoms with E-state index in [1.54, 1.807) is 5.57 Å². The first-order valence-electron chi connectivity index (χ1n) is 6.75. The summed E-state index contributed by atoms with van der Waals surface area (Å²) in [5.74, 6) is 4.96. The molecule has 0 aromatic carbocycles. The SMILES string of the molecule is CC1=CC[C@]23C1[C@@H]2[C@@H](C(C)C)CC[C@@H]3C. The summed E-state index contributed by atoms with van der Waals surface area (Å²) in [5.41, 5.74) is 2.47. The molecule has 0 saturated heterocycles. The number of allylic oxidation sites excluding steroid dienone is 2. The standard InChI is InChI=1S/C15H24/c1-9(2)12-6-5-11(4)15-8-7-10(3)13(15)14(12)15/h7,9,11-14H,5-6,8H2,1-4H3/t11-,12+,13?,14-,15-/m0/s1. The molecule has 0 heteroatoms. The lowest BCUT2D eigenvalue weighted by atomic mass is 9.70. The zero-order valence-electron chi connectivity index (χ0n) is 10.6. The topological polar surface area (TPSA) is 0 Å². The first-order chi connectivity index (χ1) is 7.09. The van der Waals surface area contributed by atoms with Crippen molar-refractivity contribution in [2.45, 2.75) is 47.0 Å². The molecule has 0 radical (unpaired) electrons. The quantitative estimate of drug-likeness (QED) is 0.559. The third kappa shape index (κ3) is 1.04. The Kier molecular flexibility index (Phi) is 1.92. The van der Waals surface area contributed by atoms with E-state index in [9.17, 15) is 0 Å². The van der Waals surface area contributed by atoms with E-state index in [1.165, 1.54) is 19.3 Å². The summed E-state index contributed by atoms with van der Waals surface area (Å²) in [4.78, 5) is 0. The number of rotatable bonds is 1. The first kappa shape index (κ1) is 9.93. The van der Waals surface area contributed by atoms with Crippen LogP contribution in [0.3, 0.4) is 0 Å². The molecule has 0 nitrogen and oxygen atoms in total. The van der Waals surface area contributed by atoms with Gasteiger partial charge in [0.15, 0.2) is 0 Å². The van der Waals surface area contributed by atoms with E-state index >= 15 is 0 Å². The van der Waals surface area contributed by atoms with Crippen molar-refractivity contribution in [1.29, 1.82) is 0 Å². The third-order valence-electron chi connectivity index (χ3n) is 5.89. The van der Waals surface area contributed by atoms with Gasteiger partial charge in [0, 0.05) is 0 Å². The van der Waals surface area contributed by atoms with Crippen LogP contribution in [0.5, 0.6) is 0 Å². The molecule has 0 bridgehead atoms. The van der Waals surface area contributed by atoms with Crippen LogP contribution in [0, 0.1) is 35.0 Å². The minimum Gasteiger partial charge on any atom is -0.0847 e. The Bertz CT molecular complexity index is 312. The number of hydrogen-bond donors (Lipinski definition) is 0. The van der Waals surface area contributed by atoms with Gasteiger partial charge in [-0.15, -0.1) is 0 Å². The minimum absolute atomic E-state index is 0.747. The van der Waals surface area contributed by atoms with E-state index in [0.717, 1.165) is 35.0 Å². The fraction of sp³-hybridized carbons (Fsp3) is 0.867. The van der Waals surface area contributed by atoms with Crippen molar-refractivity contribution < 1.29 is 0 Å². The molecule has 3 rings (SSSR count). The highest BCUT2D eigenvalue weighted by Gasteiger charge is 2.71. The van der Waals surface area contributed by atoms with Crippen LogP contribution >= 0.6 is 0 Å². The Morgan fingerprint density at radius 3 is 2.73 bits per heavy atom. The van der Waals surface area contributed by atoms with Crippen LogP contribution in [0.2, 0.25) is 0 Å². The van der Waals surface area contributed by atoms with Crippen molar-refractivity contribution in [3.05, 3.63) is 11.6 Å². The third-order valence-corrected chi connectivity index (χ3v) is 5.89. The second-order valence-corrected chi connectivity index (χ2v) is 6.65. The van der Waals surface area contributed by atoms with Crippen LogP contribution in [0.25, 0.3) is 0 Å². The second-order valence-electron chi connectivity index (χ2n) is 6.65. The maximum absolute atomic E-state index is 2.53. The van der Waals surface area contributed by atoms with Crippen LogP contribution in [0.1, 0.15) is 47.0 Å². The molecule has 0 aromatic rings. The van der Waals surface area contributed by atoms with Gasteiger partial charge in [-0.25, -0.2) is 0 Å². The normalized spacial score (nSPS) is 52.5. The Morgan fingerprint density at radius 2 is 2.07 bits per heavy atom. The van der Waals surface area contributed by atoms with Crippen molar-refractivity contribution in [2.24, 2.45) is 35.0 Å². The maximum atomic E-state index is 2.53. The van der Waals surface area contributed by atoms with E-state index in [4.69, 9.17) is 0 Å². The van der Waals surface area contributed by atoms with Gasteiger partial charge in [0.25, 0.3) is 0 Å². The minimum atomic E-state index is 0.747. The van der Waals surface area contributed by atoms with E-state index in [-0.39, 0.29) is 0 Å². The van der Waals surface area contributed by atoms with E-state index in [1.807, 2.05) is 0 Å². The molecule has 5 atom stereocenters. The van der Waals surface area contributed by atoms with Crippen molar-refractivity contribution in [2.75, 3.05) is 0 Å². The van der Waals surface area contributed by atoms with Crippen molar-refractivity contribution in [3.8, 4) is 0 Å². The molecule has 84 valence electrons. The Hall–Kier alpha value is -0.260. The van der Waals surface area contributed by atoms with Gasteiger partial charge < -0.3 is 0 Å². The monoisotopic (exact) mass is 204 g/mol. The summed E-state index contributed by atoms with van der Waals surface area (Å²) < 4.78 is 0. The van der Waals surface area contributed by atoms with Gasteiger partial charge in [-0.1, -0.05) is 32.4 Å². The molecule has 0 N–H and O–H groups in total. The number of fused-ring (bicyclic) bond motifs is 1. The summed E-state index contributed by atoms with van der Waals surface area (Å²) in [6, 6.07) is 0. The van der Waals surface area contributed by atoms with Gasteiger partial charge in [0.2, 0.25) is 0 Å². The van der Waals surface area contributed by atoms with E-state index in [0.29, 0.717) is 0 Å². The van der Waals surface area contributed by atoms with Gasteiger partial charge >= 0.3 is 0 Å². The highest BCUT2D eigenvalue weighted by Crippen LogP contribution is 2.77. The van der Waals surface area contributed by atoms with Crippen molar-refractivity contribution in [3.63, 3.8) is 0 Å². The Morgan fingerprint density at radius 1 is 1.33 bits per heavy atom. The van der Waals surface area contributed by atoms with Gasteiger partial charge in [0.05, 0.1) is 0 Å². The largest absolute Gasteiger partial charge is 0.0847 e. The molecule has 3 aliphatic carbocycles. The molecule has 15 heavy (non-hydrogen) atoms. The van der Waals surface area contributed by atoms with Crippen molar-refractivity contribution in [1.82, 2.24) is 0 Å². The van der Waals surface area contributed by atoms with Gasteiger partial charge in [-0.3, -0.25) is 0 Å². The molecule has 0 aromatic heterocycles. The fourth-order valence-corrected chi connectivity index (χ4v) is 5.05. The summed E-state index contributed by atoms with van der Waals surface area (Å²) in [6.45, 7) is 9.75. The molecule has 0 amide bonds. The molecular weight excluding hydrogens is 180 g/mol. The van der Waals surface area contributed by atoms with Crippen LogP contribution in [-0.2, 0) is 0 Å². The van der Waals surface area contributed by atoms with Crippen LogP contribution in [0.15, 0.2) is 11.6 Å². The van der Waals surface area contributed by atoms with E-state index < -0.39 is 0 Å². The van der Waals surface area contributed by atoms with Crippen LogP contribution in [0.4, 0.5) is 0 Å². The fourth-order valence-electron chi connectivity index (χ4n) is 5.05. The molecule has 0 aliphatic heterocycles. The summed E-state index contributed by atoms with van der Waals surface area (Å²) in [7, 11) is 0. The average molecular weight is 204 g/mol. The maximum Gasteiger partial charge on any atom is -0.0104 e. The lowest BCUT2D eigenvalue weighted by molar-refractivity contribution is 0.149. The van der Waals surface area contributed by atoms with Gasteiger partial charge in [0.1, 0.15) is 0 Å². The van der Waals surface area contributed by atoms with Crippen LogP contribution in [-0.4, -0.2) is 0 Å². The summed E-state index contributed by atoms with van der Waals surface area (Å²) >= 11 is 0. The second kappa shape index (κ2) is 2.90. The summed E-state index contributed by atoms with van der Waals surface area (Å²) in [5, 5.41) is 0. The van der Waals surface area contributed by atoms with Crippen molar-refractivity contribution >= 4 is 0 Å². The lowest BCUT2D eigenvalue weighted by Crippen LogP contribution is -2.27. The molecule has 2 saturated carbocycles. The highest BCUT2D eigenvalue weighted by molar-refractivity contribution is 5.35. The lowest BCUT2D eigenvalue weighted by Gasteiger charge is -2.35. The molecule has 1 spiro atoms. The smallest absolute Gasteiger partial charge is 0.0104 e. The van der Waals surface area contributed by atoms with Gasteiger partial charge in [-0.2, -0.15) is 0 Å². The molecule has 1 unspecified atom stereocenters. The van der Waals surface area contributed by atoms with Crippen LogP contribution < -0.4 is 0 Å². The predicted octanol–water partition coefficient (Wildman–Crippen LogP) is 4.27. The molecule has 2 fully saturated rings. The first-order valence-corrected chi connectivity index (χ1v) is 6.75. The molecule has 0 heterocycles. The zero-order chi connectivity index (χ0) is 10.8. The zero-order valence-corrected chi connectivity index (χ0v) is 10.6. The molecule has 3 aliphatic rings. The molecular formula is C15H24. The Balaban J connectivity index is 1.91. The average Bonchev–Trinajstić information content (AvgIpc) is 2.75. The summed E-state index contributed by atoms with van der Waals surface area (Å²) in [6.07, 6.45) is 6.91. The number of hydrogen-bond acceptors (Lipinski definition) is 0. The van der Waals surface area contributed by atoms with Gasteiger partial charge in [-0.05, 0) is 61.2 Å². The highest BCUT2D eigenvalue weighted by atomic mass is 14.8. The Labute approximate surface area is 94.1 Å².